The van der Waals surface area contributed by atoms with E-state index in [-0.39, 0.29) is 11.7 Å². The molecule has 0 aliphatic heterocycles. The average molecular weight is 815 g/mol. The van der Waals surface area contributed by atoms with Gasteiger partial charge >= 0.3 is 0 Å². The summed E-state index contributed by atoms with van der Waals surface area (Å²) in [7, 11) is 3.41. The number of furan rings is 1. The van der Waals surface area contributed by atoms with E-state index in [0.29, 0.717) is 47.1 Å². The summed E-state index contributed by atoms with van der Waals surface area (Å²) in [5.41, 5.74) is 4.92. The summed E-state index contributed by atoms with van der Waals surface area (Å²) in [4.78, 5) is 15.6. The molecular formula is C36H32FI2NO4. The molecule has 5 nitrogen and oxygen atoms in total. The second kappa shape index (κ2) is 14.6. The lowest BCUT2D eigenvalue weighted by molar-refractivity contribution is 0.0795. The number of fused-ring (bicyclic) bond motifs is 1. The van der Waals surface area contributed by atoms with E-state index in [2.05, 4.69) is 57.3 Å². The Kier molecular flexibility index (Phi) is 10.6. The van der Waals surface area contributed by atoms with E-state index < -0.39 is 0 Å². The monoisotopic (exact) mass is 815 g/mol. The molecule has 226 valence electrons. The van der Waals surface area contributed by atoms with Crippen LogP contribution in [0.4, 0.5) is 4.39 Å². The molecule has 0 fully saturated rings. The number of hydrogen-bond acceptors (Lipinski definition) is 4. The maximum Gasteiger partial charge on any atom is 0.254 e. The highest BCUT2D eigenvalue weighted by molar-refractivity contribution is 14.1. The highest BCUT2D eigenvalue weighted by Gasteiger charge is 2.20. The van der Waals surface area contributed by atoms with Gasteiger partial charge in [0.05, 0.1) is 22.9 Å². The first-order valence-corrected chi connectivity index (χ1v) is 16.4. The Balaban J connectivity index is 1.46. The largest absolute Gasteiger partial charge is 0.497 e. The number of benzene rings is 4. The molecule has 0 aliphatic carbocycles. The van der Waals surface area contributed by atoms with E-state index in [9.17, 15) is 9.18 Å². The number of halogens is 3. The van der Waals surface area contributed by atoms with Crippen LogP contribution in [-0.4, -0.2) is 38.1 Å². The molecule has 0 bridgehead atoms. The summed E-state index contributed by atoms with van der Waals surface area (Å²) in [6.07, 6.45) is 5.50. The lowest BCUT2D eigenvalue weighted by atomic mass is 10.0. The zero-order valence-corrected chi connectivity index (χ0v) is 29.0. The minimum atomic E-state index is -0.287. The molecule has 0 saturated carbocycles. The van der Waals surface area contributed by atoms with Crippen molar-refractivity contribution in [1.82, 2.24) is 4.90 Å². The maximum absolute atomic E-state index is 13.9. The number of ether oxygens (including phenoxy) is 2. The van der Waals surface area contributed by atoms with Crippen LogP contribution in [0.25, 0.3) is 34.4 Å². The van der Waals surface area contributed by atoms with Gasteiger partial charge < -0.3 is 18.8 Å². The summed E-state index contributed by atoms with van der Waals surface area (Å²) >= 11 is 4.39. The third kappa shape index (κ3) is 7.46. The Morgan fingerprint density at radius 1 is 0.977 bits per heavy atom. The standard InChI is InChI=1S/C36H32FI2NO4/c1-4-16-43-34-22-28(42-3)21-30(36(41)40(2)15-14-23-8-6-5-7-9-23)29(34)13-12-24-10-11-25(18-31(24)38)33-19-26-17-27(37)20-32(39)35(26)44-33/h5-13,17-22H,4,14-16H2,1-3H3. The van der Waals surface area contributed by atoms with Gasteiger partial charge in [-0.3, -0.25) is 4.79 Å². The summed E-state index contributed by atoms with van der Waals surface area (Å²) in [6, 6.07) is 24.6. The topological polar surface area (TPSA) is 51.9 Å². The number of methoxy groups -OCH3 is 1. The van der Waals surface area contributed by atoms with Crippen molar-refractivity contribution in [3.8, 4) is 22.8 Å². The summed E-state index contributed by atoms with van der Waals surface area (Å²) in [6.45, 7) is 3.13. The van der Waals surface area contributed by atoms with E-state index in [1.54, 1.807) is 18.1 Å². The second-order valence-corrected chi connectivity index (χ2v) is 12.7. The molecule has 0 unspecified atom stereocenters. The van der Waals surface area contributed by atoms with Crippen molar-refractivity contribution in [2.75, 3.05) is 27.3 Å². The zero-order chi connectivity index (χ0) is 31.2. The summed E-state index contributed by atoms with van der Waals surface area (Å²) < 4.78 is 33.4. The van der Waals surface area contributed by atoms with Crippen molar-refractivity contribution in [2.45, 2.75) is 19.8 Å². The quantitative estimate of drug-likeness (QED) is 0.0985. The van der Waals surface area contributed by atoms with Crippen LogP contribution in [0, 0.1) is 13.0 Å². The first-order valence-electron chi connectivity index (χ1n) is 14.3. The molecule has 1 amide bonds. The van der Waals surface area contributed by atoms with Crippen LogP contribution in [0.3, 0.4) is 0 Å². The number of carbonyl (C=O) groups excluding carboxylic acids is 1. The summed E-state index contributed by atoms with van der Waals surface area (Å²) in [5, 5.41) is 0.730. The van der Waals surface area contributed by atoms with Gasteiger partial charge in [-0.15, -0.1) is 0 Å². The normalized spacial score (nSPS) is 11.3. The van der Waals surface area contributed by atoms with Gasteiger partial charge in [0.2, 0.25) is 0 Å². The van der Waals surface area contributed by atoms with Gasteiger partial charge in [-0.25, -0.2) is 4.39 Å². The fourth-order valence-corrected chi connectivity index (χ4v) is 6.27. The molecule has 0 aliphatic rings. The molecule has 0 spiro atoms. The number of likely N-dealkylation sites (N-methyl/N-ethyl adjacent to an activating group) is 1. The Labute approximate surface area is 284 Å². The number of nitrogens with zero attached hydrogens (tertiary/aromatic N) is 1. The molecule has 5 rings (SSSR count). The van der Waals surface area contributed by atoms with E-state index in [0.717, 1.165) is 36.5 Å². The van der Waals surface area contributed by atoms with Gasteiger partial charge in [-0.2, -0.15) is 0 Å². The Bertz CT molecular complexity index is 1820. The lowest BCUT2D eigenvalue weighted by Crippen LogP contribution is -2.29. The fraction of sp³-hybridized carbons (Fsp3) is 0.194. The molecule has 0 N–H and O–H groups in total. The number of hydrogen-bond donors (Lipinski definition) is 0. The molecule has 44 heavy (non-hydrogen) atoms. The number of rotatable bonds is 11. The third-order valence-corrected chi connectivity index (χ3v) is 8.95. The van der Waals surface area contributed by atoms with Crippen LogP contribution >= 0.6 is 45.2 Å². The van der Waals surface area contributed by atoms with Crippen LogP contribution in [0.15, 0.2) is 83.3 Å². The smallest absolute Gasteiger partial charge is 0.254 e. The lowest BCUT2D eigenvalue weighted by Gasteiger charge is -2.21. The molecule has 1 aromatic heterocycles. The van der Waals surface area contributed by atoms with Gasteiger partial charge in [-0.1, -0.05) is 55.5 Å². The van der Waals surface area contributed by atoms with Crippen molar-refractivity contribution in [2.24, 2.45) is 0 Å². The third-order valence-electron chi connectivity index (χ3n) is 7.22. The molecule has 0 atom stereocenters. The molecule has 1 heterocycles. The van der Waals surface area contributed by atoms with Gasteiger partial charge in [0.1, 0.15) is 28.7 Å². The van der Waals surface area contributed by atoms with Crippen LogP contribution in [0.2, 0.25) is 0 Å². The molecule has 4 aromatic carbocycles. The van der Waals surface area contributed by atoms with Crippen molar-refractivity contribution in [3.05, 3.63) is 114 Å². The Morgan fingerprint density at radius 3 is 2.50 bits per heavy atom. The van der Waals surface area contributed by atoms with Crippen LogP contribution in [0.5, 0.6) is 11.5 Å². The predicted octanol–water partition coefficient (Wildman–Crippen LogP) is 9.73. The first kappa shape index (κ1) is 32.0. The average Bonchev–Trinajstić information content (AvgIpc) is 3.46. The van der Waals surface area contributed by atoms with Crippen LogP contribution in [0.1, 0.15) is 40.4 Å². The Hall–Kier alpha value is -3.38. The molecule has 5 aromatic rings. The van der Waals surface area contributed by atoms with Gasteiger partial charge in [0.15, 0.2) is 0 Å². The Morgan fingerprint density at radius 2 is 1.77 bits per heavy atom. The minimum absolute atomic E-state index is 0.109. The molecule has 0 saturated heterocycles. The van der Waals surface area contributed by atoms with Crippen molar-refractivity contribution in [1.29, 1.82) is 0 Å². The minimum Gasteiger partial charge on any atom is -0.497 e. The zero-order valence-electron chi connectivity index (χ0n) is 24.7. The number of amides is 1. The van der Waals surface area contributed by atoms with Crippen molar-refractivity contribution >= 4 is 74.2 Å². The molecule has 8 heteroatoms. The van der Waals surface area contributed by atoms with E-state index in [1.807, 2.05) is 74.7 Å². The van der Waals surface area contributed by atoms with Crippen molar-refractivity contribution < 1.29 is 23.1 Å². The van der Waals surface area contributed by atoms with Crippen molar-refractivity contribution in [3.63, 3.8) is 0 Å². The van der Waals surface area contributed by atoms with E-state index in [1.165, 1.54) is 17.7 Å². The van der Waals surface area contributed by atoms with Crippen LogP contribution < -0.4 is 9.47 Å². The van der Waals surface area contributed by atoms with Gasteiger partial charge in [0, 0.05) is 39.7 Å². The van der Waals surface area contributed by atoms with E-state index in [4.69, 9.17) is 13.9 Å². The maximum atomic E-state index is 13.9. The summed E-state index contributed by atoms with van der Waals surface area (Å²) in [5.74, 6) is 1.44. The fourth-order valence-electron chi connectivity index (χ4n) is 4.85. The van der Waals surface area contributed by atoms with Gasteiger partial charge in [0.25, 0.3) is 5.91 Å². The van der Waals surface area contributed by atoms with Gasteiger partial charge in [-0.05, 0) is 106 Å². The van der Waals surface area contributed by atoms with Crippen LogP contribution in [-0.2, 0) is 6.42 Å². The highest BCUT2D eigenvalue weighted by atomic mass is 127. The highest BCUT2D eigenvalue weighted by Crippen LogP contribution is 2.35. The molecule has 0 radical (unpaired) electrons. The first-order chi connectivity index (χ1) is 21.3. The predicted molar refractivity (Wildman–Crippen MR) is 192 cm³/mol. The van der Waals surface area contributed by atoms with E-state index >= 15 is 0 Å². The number of carbonyl (C=O) groups is 1. The second-order valence-electron chi connectivity index (χ2n) is 10.4. The SMILES string of the molecule is CCCOc1cc(OC)cc(C(=O)N(C)CCc2ccccc2)c1C=Cc1ccc(-c2cc3cc(F)cc(I)c3o2)cc1I. The molecular weight excluding hydrogens is 783 g/mol.